The summed E-state index contributed by atoms with van der Waals surface area (Å²) in [4.78, 5) is 15.3. The van der Waals surface area contributed by atoms with E-state index in [4.69, 9.17) is 4.42 Å². The molecule has 0 spiro atoms. The minimum absolute atomic E-state index is 0.176. The second-order valence-electron chi connectivity index (χ2n) is 8.38. The Hall–Kier alpha value is -3.10. The zero-order chi connectivity index (χ0) is 22.1. The number of benzene rings is 2. The topological polar surface area (TPSA) is 91.7 Å². The lowest BCUT2D eigenvalue weighted by Crippen LogP contribution is -2.57. The van der Waals surface area contributed by atoms with Crippen molar-refractivity contribution in [3.63, 3.8) is 0 Å². The van der Waals surface area contributed by atoms with E-state index in [-0.39, 0.29) is 22.6 Å². The molecule has 2 N–H and O–H groups in total. The predicted octanol–water partition coefficient (Wildman–Crippen LogP) is 3.57. The number of nitrogens with one attached hydrogen (secondary N) is 2. The maximum Gasteiger partial charge on any atom is 0.287 e. The van der Waals surface area contributed by atoms with Crippen molar-refractivity contribution in [3.8, 4) is 11.3 Å². The molecule has 1 atom stereocenters. The van der Waals surface area contributed by atoms with Crippen molar-refractivity contribution in [1.82, 2.24) is 10.2 Å². The van der Waals surface area contributed by atoms with Crippen molar-refractivity contribution in [2.75, 3.05) is 24.4 Å². The van der Waals surface area contributed by atoms with Crippen LogP contribution in [-0.4, -0.2) is 44.9 Å². The normalized spacial score (nSPS) is 22.4. The van der Waals surface area contributed by atoms with Crippen LogP contribution in [0.25, 0.3) is 11.3 Å². The van der Waals surface area contributed by atoms with Gasteiger partial charge in [0.15, 0.2) is 5.76 Å². The van der Waals surface area contributed by atoms with Gasteiger partial charge < -0.3 is 14.6 Å². The van der Waals surface area contributed by atoms with Crippen molar-refractivity contribution in [2.45, 2.75) is 23.8 Å². The molecule has 32 heavy (non-hydrogen) atoms. The highest BCUT2D eigenvalue weighted by molar-refractivity contribution is 7.92. The summed E-state index contributed by atoms with van der Waals surface area (Å²) in [5.74, 6) is 1.19. The molecule has 6 rings (SSSR count). The summed E-state index contributed by atoms with van der Waals surface area (Å²) in [6, 6.07) is 18.7. The molecule has 166 valence electrons. The quantitative estimate of drug-likeness (QED) is 0.598. The van der Waals surface area contributed by atoms with Gasteiger partial charge in [0.05, 0.1) is 4.90 Å². The molecule has 1 amide bonds. The summed E-state index contributed by atoms with van der Waals surface area (Å²) in [5, 5.41) is 3.13. The third-order valence-corrected chi connectivity index (χ3v) is 7.67. The number of nitrogens with zero attached hydrogens (tertiary/aromatic N) is 1. The predicted molar refractivity (Wildman–Crippen MR) is 122 cm³/mol. The van der Waals surface area contributed by atoms with Crippen LogP contribution in [0.5, 0.6) is 0 Å². The van der Waals surface area contributed by atoms with E-state index >= 15 is 0 Å². The number of rotatable bonds is 6. The summed E-state index contributed by atoms with van der Waals surface area (Å²) >= 11 is 0. The van der Waals surface area contributed by atoms with Gasteiger partial charge in [-0.25, -0.2) is 8.42 Å². The lowest BCUT2D eigenvalue weighted by atomic mass is 9.84. The first-order valence-corrected chi connectivity index (χ1v) is 12.3. The van der Waals surface area contributed by atoms with Crippen LogP contribution in [0.4, 0.5) is 5.69 Å². The highest BCUT2D eigenvalue weighted by Crippen LogP contribution is 2.29. The van der Waals surface area contributed by atoms with Crippen LogP contribution in [0, 0.1) is 5.92 Å². The second-order valence-corrected chi connectivity index (χ2v) is 10.1. The van der Waals surface area contributed by atoms with Crippen LogP contribution in [0.15, 0.2) is 76.0 Å². The number of hydrogen-bond donors (Lipinski definition) is 2. The lowest BCUT2D eigenvalue weighted by Gasteiger charge is -2.44. The van der Waals surface area contributed by atoms with Crippen LogP contribution in [0.1, 0.15) is 23.4 Å². The first kappa shape index (κ1) is 20.8. The Kier molecular flexibility index (Phi) is 5.48. The Morgan fingerprint density at radius 3 is 2.31 bits per heavy atom. The molecule has 3 aromatic rings. The molecule has 3 fully saturated rings. The van der Waals surface area contributed by atoms with E-state index in [0.717, 1.165) is 38.0 Å². The van der Waals surface area contributed by atoms with Crippen LogP contribution in [0.2, 0.25) is 0 Å². The second kappa shape index (κ2) is 8.44. The number of carbonyl (C=O) groups is 1. The van der Waals surface area contributed by atoms with Gasteiger partial charge in [0.2, 0.25) is 0 Å². The smallest absolute Gasteiger partial charge is 0.287 e. The molecule has 3 aliphatic rings. The average molecular weight is 452 g/mol. The molecule has 7 nitrogen and oxygen atoms in total. The summed E-state index contributed by atoms with van der Waals surface area (Å²) in [5.41, 5.74) is 1.21. The molecule has 4 heterocycles. The maximum absolute atomic E-state index is 12.7. The fraction of sp³-hybridized carbons (Fsp3) is 0.292. The minimum Gasteiger partial charge on any atom is -0.451 e. The van der Waals surface area contributed by atoms with E-state index in [1.807, 2.05) is 0 Å². The molecule has 0 saturated carbocycles. The number of carbonyl (C=O) groups excluding carboxylic acids is 1. The van der Waals surface area contributed by atoms with Gasteiger partial charge in [-0.1, -0.05) is 18.2 Å². The molecule has 0 unspecified atom stereocenters. The van der Waals surface area contributed by atoms with Gasteiger partial charge in [0, 0.05) is 23.8 Å². The molecule has 8 heteroatoms. The molecule has 1 aromatic heterocycles. The number of fused-ring (bicyclic) bond motifs is 3. The van der Waals surface area contributed by atoms with E-state index in [9.17, 15) is 13.2 Å². The van der Waals surface area contributed by atoms with E-state index in [0.29, 0.717) is 17.4 Å². The van der Waals surface area contributed by atoms with Gasteiger partial charge in [-0.15, -0.1) is 0 Å². The summed E-state index contributed by atoms with van der Waals surface area (Å²) in [6.07, 6.45) is 2.27. The van der Waals surface area contributed by atoms with Gasteiger partial charge >= 0.3 is 0 Å². The van der Waals surface area contributed by atoms with E-state index in [1.165, 1.54) is 0 Å². The average Bonchev–Trinajstić information content (AvgIpc) is 3.31. The van der Waals surface area contributed by atoms with Crippen LogP contribution >= 0.6 is 0 Å². The Balaban J connectivity index is 1.25. The summed E-state index contributed by atoms with van der Waals surface area (Å²) < 4.78 is 33.3. The summed E-state index contributed by atoms with van der Waals surface area (Å²) in [7, 11) is -3.65. The zero-order valence-corrected chi connectivity index (χ0v) is 18.3. The van der Waals surface area contributed by atoms with Gasteiger partial charge in [-0.05, 0) is 80.4 Å². The first-order chi connectivity index (χ1) is 15.5. The minimum atomic E-state index is -3.65. The van der Waals surface area contributed by atoms with E-state index < -0.39 is 10.0 Å². The molecule has 0 aliphatic carbocycles. The number of piperidine rings is 3. The number of amides is 1. The molecule has 3 saturated heterocycles. The molecular weight excluding hydrogens is 426 g/mol. The molecular formula is C24H25N3O4S. The van der Waals surface area contributed by atoms with Gasteiger partial charge in [-0.2, -0.15) is 0 Å². The fourth-order valence-corrected chi connectivity index (χ4v) is 5.58. The third-order valence-electron chi connectivity index (χ3n) is 6.28. The van der Waals surface area contributed by atoms with Gasteiger partial charge in [-0.3, -0.25) is 9.52 Å². The number of furan rings is 1. The van der Waals surface area contributed by atoms with Crippen LogP contribution < -0.4 is 10.0 Å². The number of sulfonamides is 1. The Bertz CT molecular complexity index is 1200. The number of hydrogen-bond acceptors (Lipinski definition) is 5. The van der Waals surface area contributed by atoms with Crippen LogP contribution in [0.3, 0.4) is 0 Å². The molecule has 3 aliphatic heterocycles. The third kappa shape index (κ3) is 4.28. The van der Waals surface area contributed by atoms with Crippen molar-refractivity contribution >= 4 is 21.6 Å². The van der Waals surface area contributed by atoms with Gasteiger partial charge in [0.25, 0.3) is 15.9 Å². The molecule has 0 radical (unpaired) electrons. The first-order valence-electron chi connectivity index (χ1n) is 10.8. The van der Waals surface area contributed by atoms with Crippen LogP contribution in [-0.2, 0) is 10.0 Å². The van der Waals surface area contributed by atoms with Crippen molar-refractivity contribution in [2.24, 2.45) is 5.92 Å². The SMILES string of the molecule is O=C(N[C@H]1CN2CCC1CC2)c1ccc(-c2ccc(NS(=O)(=O)c3ccccc3)cc2)o1. The monoisotopic (exact) mass is 451 g/mol. The summed E-state index contributed by atoms with van der Waals surface area (Å²) in [6.45, 7) is 3.16. The fourth-order valence-electron chi connectivity index (χ4n) is 4.50. The Morgan fingerprint density at radius 2 is 1.66 bits per heavy atom. The highest BCUT2D eigenvalue weighted by atomic mass is 32.2. The zero-order valence-electron chi connectivity index (χ0n) is 17.5. The highest BCUT2D eigenvalue weighted by Gasteiger charge is 2.35. The van der Waals surface area contributed by atoms with Crippen molar-refractivity contribution in [1.29, 1.82) is 0 Å². The maximum atomic E-state index is 12.7. The Morgan fingerprint density at radius 1 is 0.938 bits per heavy atom. The van der Waals surface area contributed by atoms with Crippen molar-refractivity contribution in [3.05, 3.63) is 72.5 Å². The van der Waals surface area contributed by atoms with Gasteiger partial charge in [0.1, 0.15) is 5.76 Å². The lowest BCUT2D eigenvalue weighted by molar-refractivity contribution is 0.0606. The van der Waals surface area contributed by atoms with E-state index in [1.54, 1.807) is 66.7 Å². The standard InChI is InChI=1S/C24H25N3O4S/c28-24(25-21-16-27-14-12-17(21)13-15-27)23-11-10-22(31-23)18-6-8-19(9-7-18)26-32(29,30)20-4-2-1-3-5-20/h1-11,17,21,26H,12-16H2,(H,25,28)/t21-/m0/s1. The van der Waals surface area contributed by atoms with Crippen molar-refractivity contribution < 1.29 is 17.6 Å². The van der Waals surface area contributed by atoms with E-state index in [2.05, 4.69) is 14.9 Å². The largest absolute Gasteiger partial charge is 0.451 e. The molecule has 2 aromatic carbocycles. The Labute approximate surface area is 187 Å². The molecule has 2 bridgehead atoms. The number of anilines is 1.